The molecule has 0 unspecified atom stereocenters. The summed E-state index contributed by atoms with van der Waals surface area (Å²) < 4.78 is 9.88. The maximum Gasteiger partial charge on any atom is 0.320 e. The zero-order valence-corrected chi connectivity index (χ0v) is 13.9. The zero-order chi connectivity index (χ0) is 15.9. The summed E-state index contributed by atoms with van der Waals surface area (Å²) in [4.78, 5) is 24.9. The van der Waals surface area contributed by atoms with Gasteiger partial charge in [0.25, 0.3) is 0 Å². The van der Waals surface area contributed by atoms with Crippen LogP contribution >= 0.6 is 0 Å². The number of ether oxygens (including phenoxy) is 2. The summed E-state index contributed by atoms with van der Waals surface area (Å²) in [5.41, 5.74) is 0. The largest absolute Gasteiger partial charge is 0.465 e. The van der Waals surface area contributed by atoms with Gasteiger partial charge in [-0.25, -0.2) is 0 Å². The third kappa shape index (κ3) is 12.4. The number of carbonyl (C=O) groups is 2. The predicted octanol–water partition coefficient (Wildman–Crippen LogP) is 2.78. The normalized spacial score (nSPS) is 10.7. The summed E-state index contributed by atoms with van der Waals surface area (Å²) >= 11 is 0. The van der Waals surface area contributed by atoms with Gasteiger partial charge in [0.05, 0.1) is 26.3 Å². The van der Waals surface area contributed by atoms with Gasteiger partial charge in [0, 0.05) is 0 Å². The van der Waals surface area contributed by atoms with Gasteiger partial charge in [-0.15, -0.1) is 0 Å². The lowest BCUT2D eigenvalue weighted by Gasteiger charge is -2.20. The Labute approximate surface area is 129 Å². The summed E-state index contributed by atoms with van der Waals surface area (Å²) in [5.74, 6) is -0.569. The molecule has 0 bridgehead atoms. The molecule has 0 rings (SSSR count). The van der Waals surface area contributed by atoms with Gasteiger partial charge >= 0.3 is 11.9 Å². The summed E-state index contributed by atoms with van der Waals surface area (Å²) in [7, 11) is 0. The van der Waals surface area contributed by atoms with Crippen LogP contribution in [0.1, 0.15) is 59.3 Å². The molecule has 0 aliphatic heterocycles. The van der Waals surface area contributed by atoms with Crippen LogP contribution in [0.25, 0.3) is 0 Å². The smallest absolute Gasteiger partial charge is 0.320 e. The molecule has 0 aromatic heterocycles. The van der Waals surface area contributed by atoms with Gasteiger partial charge < -0.3 is 9.47 Å². The second kappa shape index (κ2) is 13.9. The van der Waals surface area contributed by atoms with E-state index in [0.717, 1.165) is 19.4 Å². The van der Waals surface area contributed by atoms with Gasteiger partial charge in [0.1, 0.15) is 0 Å². The molecular weight excluding hydrogens is 270 g/mol. The second-order valence-electron chi connectivity index (χ2n) is 5.09. The lowest BCUT2D eigenvalue weighted by Crippen LogP contribution is -2.36. The number of hydrogen-bond donors (Lipinski definition) is 0. The molecule has 0 aliphatic rings. The minimum absolute atomic E-state index is 0.154. The first kappa shape index (κ1) is 19.9. The highest BCUT2D eigenvalue weighted by molar-refractivity contribution is 5.75. The minimum atomic E-state index is -0.284. The first-order valence-electron chi connectivity index (χ1n) is 8.17. The standard InChI is InChI=1S/C16H31NO4/c1-4-7-8-9-10-11-12-17(13-15(18)20-5-2)14-16(19)21-6-3/h4-14H2,1-3H3. The Morgan fingerprint density at radius 3 is 1.71 bits per heavy atom. The number of hydrogen-bond acceptors (Lipinski definition) is 5. The molecule has 0 amide bonds. The third-order valence-corrected chi connectivity index (χ3v) is 3.14. The molecule has 5 nitrogen and oxygen atoms in total. The molecule has 5 heteroatoms. The van der Waals surface area contributed by atoms with E-state index in [-0.39, 0.29) is 25.0 Å². The van der Waals surface area contributed by atoms with E-state index in [0.29, 0.717) is 13.2 Å². The first-order chi connectivity index (χ1) is 10.1. The number of nitrogens with zero attached hydrogens (tertiary/aromatic N) is 1. The van der Waals surface area contributed by atoms with Crippen LogP contribution in [0.2, 0.25) is 0 Å². The van der Waals surface area contributed by atoms with Crippen LogP contribution in [0.3, 0.4) is 0 Å². The summed E-state index contributed by atoms with van der Waals surface area (Å²) in [6.07, 6.45) is 7.09. The Morgan fingerprint density at radius 1 is 0.762 bits per heavy atom. The molecule has 0 aromatic carbocycles. The van der Waals surface area contributed by atoms with Crippen LogP contribution in [-0.2, 0) is 19.1 Å². The van der Waals surface area contributed by atoms with Gasteiger partial charge in [0.15, 0.2) is 0 Å². The van der Waals surface area contributed by atoms with E-state index in [1.54, 1.807) is 13.8 Å². The molecule has 0 radical (unpaired) electrons. The van der Waals surface area contributed by atoms with Crippen molar-refractivity contribution >= 4 is 11.9 Å². The van der Waals surface area contributed by atoms with Gasteiger partial charge in [-0.2, -0.15) is 0 Å². The molecular formula is C16H31NO4. The second-order valence-corrected chi connectivity index (χ2v) is 5.09. The predicted molar refractivity (Wildman–Crippen MR) is 83.1 cm³/mol. The van der Waals surface area contributed by atoms with Crippen molar-refractivity contribution in [2.24, 2.45) is 0 Å². The monoisotopic (exact) mass is 301 g/mol. The quantitative estimate of drug-likeness (QED) is 0.387. The van der Waals surface area contributed by atoms with E-state index in [9.17, 15) is 9.59 Å². The highest BCUT2D eigenvalue weighted by atomic mass is 16.5. The molecule has 124 valence electrons. The molecule has 0 aliphatic carbocycles. The summed E-state index contributed by atoms with van der Waals surface area (Å²) in [6.45, 7) is 7.52. The number of carbonyl (C=O) groups excluding carboxylic acids is 2. The molecule has 21 heavy (non-hydrogen) atoms. The van der Waals surface area contributed by atoms with Crippen molar-refractivity contribution in [3.05, 3.63) is 0 Å². The van der Waals surface area contributed by atoms with Gasteiger partial charge in [-0.3, -0.25) is 14.5 Å². The fourth-order valence-corrected chi connectivity index (χ4v) is 2.11. The Morgan fingerprint density at radius 2 is 1.24 bits per heavy atom. The molecule has 0 saturated heterocycles. The van der Waals surface area contributed by atoms with Crippen molar-refractivity contribution in [1.29, 1.82) is 0 Å². The van der Waals surface area contributed by atoms with Crippen molar-refractivity contribution in [2.75, 3.05) is 32.8 Å². The van der Waals surface area contributed by atoms with Crippen LogP contribution < -0.4 is 0 Å². The number of rotatable bonds is 13. The van der Waals surface area contributed by atoms with E-state index in [2.05, 4.69) is 6.92 Å². The van der Waals surface area contributed by atoms with Crippen LogP contribution in [0.15, 0.2) is 0 Å². The van der Waals surface area contributed by atoms with E-state index in [1.807, 2.05) is 4.90 Å². The fourth-order valence-electron chi connectivity index (χ4n) is 2.11. The number of unbranched alkanes of at least 4 members (excludes halogenated alkanes) is 5. The first-order valence-corrected chi connectivity index (χ1v) is 8.17. The topological polar surface area (TPSA) is 55.8 Å². The van der Waals surface area contributed by atoms with Crippen LogP contribution in [-0.4, -0.2) is 49.7 Å². The van der Waals surface area contributed by atoms with E-state index in [4.69, 9.17) is 9.47 Å². The maximum absolute atomic E-state index is 11.6. The Balaban J connectivity index is 4.05. The maximum atomic E-state index is 11.6. The SMILES string of the molecule is CCCCCCCCN(CC(=O)OCC)CC(=O)OCC. The lowest BCUT2D eigenvalue weighted by atomic mass is 10.1. The van der Waals surface area contributed by atoms with E-state index in [1.165, 1.54) is 25.7 Å². The van der Waals surface area contributed by atoms with Crippen LogP contribution in [0.5, 0.6) is 0 Å². The zero-order valence-electron chi connectivity index (χ0n) is 13.9. The average Bonchev–Trinajstić information content (AvgIpc) is 2.43. The molecule has 0 N–H and O–H groups in total. The minimum Gasteiger partial charge on any atom is -0.465 e. The molecule has 0 fully saturated rings. The van der Waals surface area contributed by atoms with E-state index >= 15 is 0 Å². The van der Waals surface area contributed by atoms with Crippen LogP contribution in [0, 0.1) is 0 Å². The van der Waals surface area contributed by atoms with Crippen molar-refractivity contribution < 1.29 is 19.1 Å². The van der Waals surface area contributed by atoms with Crippen molar-refractivity contribution in [3.63, 3.8) is 0 Å². The third-order valence-electron chi connectivity index (χ3n) is 3.14. The Hall–Kier alpha value is -1.10. The fraction of sp³-hybridized carbons (Fsp3) is 0.875. The van der Waals surface area contributed by atoms with Gasteiger partial charge in [-0.1, -0.05) is 39.0 Å². The molecule has 0 spiro atoms. The molecule has 0 heterocycles. The van der Waals surface area contributed by atoms with Crippen molar-refractivity contribution in [3.8, 4) is 0 Å². The average molecular weight is 301 g/mol. The highest BCUT2D eigenvalue weighted by Crippen LogP contribution is 2.06. The molecule has 0 saturated carbocycles. The Kier molecular flexibility index (Phi) is 13.1. The van der Waals surface area contributed by atoms with E-state index < -0.39 is 0 Å². The van der Waals surface area contributed by atoms with Gasteiger partial charge in [0.2, 0.25) is 0 Å². The highest BCUT2D eigenvalue weighted by Gasteiger charge is 2.15. The number of esters is 2. The molecule has 0 atom stereocenters. The van der Waals surface area contributed by atoms with Gasteiger partial charge in [-0.05, 0) is 26.8 Å². The lowest BCUT2D eigenvalue weighted by molar-refractivity contribution is -0.148. The summed E-state index contributed by atoms with van der Waals surface area (Å²) in [6, 6.07) is 0. The Bertz CT molecular complexity index is 261. The van der Waals surface area contributed by atoms with Crippen LogP contribution in [0.4, 0.5) is 0 Å². The van der Waals surface area contributed by atoms with Crippen molar-refractivity contribution in [1.82, 2.24) is 4.90 Å². The molecule has 0 aromatic rings. The summed E-state index contributed by atoms with van der Waals surface area (Å²) in [5, 5.41) is 0. The van der Waals surface area contributed by atoms with Crippen molar-refractivity contribution in [2.45, 2.75) is 59.3 Å².